The van der Waals surface area contributed by atoms with Crippen molar-refractivity contribution in [2.24, 2.45) is 0 Å². The molecule has 0 amide bonds. The van der Waals surface area contributed by atoms with Crippen LogP contribution in [0.15, 0.2) is 43.0 Å². The Morgan fingerprint density at radius 1 is 1.40 bits per heavy atom. The average Bonchev–Trinajstić information content (AvgIpc) is 2.81. The molecule has 0 atom stereocenters. The fourth-order valence-corrected chi connectivity index (χ4v) is 1.53. The van der Waals surface area contributed by atoms with Crippen molar-refractivity contribution in [3.05, 3.63) is 48.5 Å². The number of nitrogens with zero attached hydrogens (tertiary/aromatic N) is 2. The van der Waals surface area contributed by atoms with Gasteiger partial charge in [0.05, 0.1) is 12.0 Å². The molecular formula is C12H12N2O. The van der Waals surface area contributed by atoms with Gasteiger partial charge in [0.1, 0.15) is 0 Å². The maximum atomic E-state index is 11.7. The minimum atomic E-state index is 0.152. The Kier molecular flexibility index (Phi) is 2.63. The molecule has 0 fully saturated rings. The molecular weight excluding hydrogens is 188 g/mol. The number of hydrogen-bond donors (Lipinski definition) is 0. The van der Waals surface area contributed by atoms with Crippen molar-refractivity contribution in [2.75, 3.05) is 0 Å². The third-order valence-corrected chi connectivity index (χ3v) is 2.31. The van der Waals surface area contributed by atoms with Crippen LogP contribution in [0.25, 0.3) is 5.69 Å². The van der Waals surface area contributed by atoms with Crippen molar-refractivity contribution in [1.82, 2.24) is 9.55 Å². The fraction of sp³-hybridized carbons (Fsp3) is 0.167. The molecule has 76 valence electrons. The Morgan fingerprint density at radius 2 is 2.20 bits per heavy atom. The van der Waals surface area contributed by atoms with Crippen molar-refractivity contribution in [1.29, 1.82) is 0 Å². The molecule has 0 aliphatic carbocycles. The van der Waals surface area contributed by atoms with Crippen LogP contribution in [0.4, 0.5) is 0 Å². The number of carbonyl (C=O) groups is 1. The molecule has 3 nitrogen and oxygen atoms in total. The number of benzene rings is 1. The van der Waals surface area contributed by atoms with Gasteiger partial charge in [-0.3, -0.25) is 4.79 Å². The summed E-state index contributed by atoms with van der Waals surface area (Å²) in [4.78, 5) is 15.7. The van der Waals surface area contributed by atoms with Gasteiger partial charge in [-0.1, -0.05) is 19.1 Å². The van der Waals surface area contributed by atoms with Gasteiger partial charge < -0.3 is 4.57 Å². The van der Waals surface area contributed by atoms with Crippen LogP contribution in [0.5, 0.6) is 0 Å². The second-order valence-electron chi connectivity index (χ2n) is 3.26. The van der Waals surface area contributed by atoms with E-state index in [-0.39, 0.29) is 5.78 Å². The minimum Gasteiger partial charge on any atom is -0.306 e. The van der Waals surface area contributed by atoms with E-state index in [0.29, 0.717) is 6.42 Å². The predicted octanol–water partition coefficient (Wildman–Crippen LogP) is 2.47. The summed E-state index contributed by atoms with van der Waals surface area (Å²) in [5.74, 6) is 0.152. The highest BCUT2D eigenvalue weighted by Crippen LogP contribution is 2.15. The van der Waals surface area contributed by atoms with E-state index >= 15 is 0 Å². The number of Topliss-reactive ketones (excluding diaryl/α,β-unsaturated/α-hetero) is 1. The van der Waals surface area contributed by atoms with Gasteiger partial charge >= 0.3 is 0 Å². The van der Waals surface area contributed by atoms with Gasteiger partial charge in [-0.2, -0.15) is 0 Å². The van der Waals surface area contributed by atoms with Crippen LogP contribution >= 0.6 is 0 Å². The van der Waals surface area contributed by atoms with Crippen molar-refractivity contribution in [3.63, 3.8) is 0 Å². The summed E-state index contributed by atoms with van der Waals surface area (Å²) < 4.78 is 1.85. The van der Waals surface area contributed by atoms with Crippen LogP contribution in [0, 0.1) is 0 Å². The van der Waals surface area contributed by atoms with Gasteiger partial charge in [-0.15, -0.1) is 0 Å². The van der Waals surface area contributed by atoms with Crippen molar-refractivity contribution < 1.29 is 4.79 Å². The summed E-state index contributed by atoms with van der Waals surface area (Å²) in [7, 11) is 0. The number of carbonyl (C=O) groups excluding carboxylic acids is 1. The lowest BCUT2D eigenvalue weighted by Crippen LogP contribution is -2.03. The molecule has 0 unspecified atom stereocenters. The lowest BCUT2D eigenvalue weighted by Gasteiger charge is -2.07. The van der Waals surface area contributed by atoms with Crippen LogP contribution in [-0.2, 0) is 0 Å². The largest absolute Gasteiger partial charge is 0.306 e. The number of hydrogen-bond acceptors (Lipinski definition) is 2. The first-order chi connectivity index (χ1) is 7.33. The highest BCUT2D eigenvalue weighted by atomic mass is 16.1. The molecule has 0 spiro atoms. The number of para-hydroxylation sites is 1. The summed E-state index contributed by atoms with van der Waals surface area (Å²) in [5.41, 5.74) is 1.64. The molecule has 0 saturated carbocycles. The zero-order valence-electron chi connectivity index (χ0n) is 8.55. The first-order valence-electron chi connectivity index (χ1n) is 4.93. The normalized spacial score (nSPS) is 10.2. The van der Waals surface area contributed by atoms with E-state index in [1.54, 1.807) is 12.5 Å². The number of ketones is 1. The first kappa shape index (κ1) is 9.65. The van der Waals surface area contributed by atoms with Crippen LogP contribution in [0.1, 0.15) is 23.7 Å². The Morgan fingerprint density at radius 3 is 2.87 bits per heavy atom. The van der Waals surface area contributed by atoms with Gasteiger partial charge in [0.15, 0.2) is 5.78 Å². The zero-order chi connectivity index (χ0) is 10.7. The van der Waals surface area contributed by atoms with Crippen LogP contribution in [0.3, 0.4) is 0 Å². The summed E-state index contributed by atoms with van der Waals surface area (Å²) in [5, 5.41) is 0. The molecule has 3 heteroatoms. The molecule has 15 heavy (non-hydrogen) atoms. The third-order valence-electron chi connectivity index (χ3n) is 2.31. The minimum absolute atomic E-state index is 0.152. The van der Waals surface area contributed by atoms with Gasteiger partial charge in [0, 0.05) is 24.4 Å². The molecule has 2 aromatic rings. The SMILES string of the molecule is CCC(=O)c1ccccc1-n1ccnc1. The van der Waals surface area contributed by atoms with E-state index in [4.69, 9.17) is 0 Å². The summed E-state index contributed by atoms with van der Waals surface area (Å²) in [6.45, 7) is 1.87. The van der Waals surface area contributed by atoms with Gasteiger partial charge in [-0.25, -0.2) is 4.98 Å². The molecule has 0 aliphatic rings. The monoisotopic (exact) mass is 200 g/mol. The lowest BCUT2D eigenvalue weighted by molar-refractivity contribution is 0.0988. The number of imidazole rings is 1. The van der Waals surface area contributed by atoms with Gasteiger partial charge in [0.2, 0.25) is 0 Å². The first-order valence-corrected chi connectivity index (χ1v) is 4.93. The lowest BCUT2D eigenvalue weighted by atomic mass is 10.1. The zero-order valence-corrected chi connectivity index (χ0v) is 8.55. The highest BCUT2D eigenvalue weighted by molar-refractivity contribution is 5.99. The molecule has 0 aliphatic heterocycles. The van der Waals surface area contributed by atoms with E-state index in [1.165, 1.54) is 0 Å². The Bertz CT molecular complexity index is 460. The standard InChI is InChI=1S/C12H12N2O/c1-2-12(15)10-5-3-4-6-11(10)14-8-7-13-9-14/h3-9H,2H2,1H3. The van der Waals surface area contributed by atoms with Crippen LogP contribution in [0.2, 0.25) is 0 Å². The molecule has 1 aromatic carbocycles. The summed E-state index contributed by atoms with van der Waals surface area (Å²) in [6, 6.07) is 7.57. The summed E-state index contributed by atoms with van der Waals surface area (Å²) >= 11 is 0. The molecule has 0 radical (unpaired) electrons. The van der Waals surface area contributed by atoms with Crippen molar-refractivity contribution >= 4 is 5.78 Å². The van der Waals surface area contributed by atoms with Gasteiger partial charge in [-0.05, 0) is 12.1 Å². The Balaban J connectivity index is 2.52. The van der Waals surface area contributed by atoms with Crippen molar-refractivity contribution in [2.45, 2.75) is 13.3 Å². The van der Waals surface area contributed by atoms with Crippen LogP contribution in [-0.4, -0.2) is 15.3 Å². The average molecular weight is 200 g/mol. The summed E-state index contributed by atoms with van der Waals surface area (Å²) in [6.07, 6.45) is 5.75. The Labute approximate surface area is 88.4 Å². The molecule has 2 rings (SSSR count). The topological polar surface area (TPSA) is 34.9 Å². The number of rotatable bonds is 3. The maximum absolute atomic E-state index is 11.7. The fourth-order valence-electron chi connectivity index (χ4n) is 1.53. The maximum Gasteiger partial charge on any atom is 0.164 e. The van der Waals surface area contributed by atoms with E-state index < -0.39 is 0 Å². The van der Waals surface area contributed by atoms with Crippen molar-refractivity contribution in [3.8, 4) is 5.69 Å². The second-order valence-corrected chi connectivity index (χ2v) is 3.26. The van der Waals surface area contributed by atoms with E-state index in [0.717, 1.165) is 11.3 Å². The van der Waals surface area contributed by atoms with E-state index in [2.05, 4.69) is 4.98 Å². The third kappa shape index (κ3) is 1.81. The van der Waals surface area contributed by atoms with E-state index in [9.17, 15) is 4.79 Å². The molecule has 1 heterocycles. The molecule has 0 N–H and O–H groups in total. The van der Waals surface area contributed by atoms with Gasteiger partial charge in [0.25, 0.3) is 0 Å². The molecule has 0 bridgehead atoms. The molecule has 1 aromatic heterocycles. The van der Waals surface area contributed by atoms with E-state index in [1.807, 2.05) is 42.0 Å². The van der Waals surface area contributed by atoms with Crippen LogP contribution < -0.4 is 0 Å². The predicted molar refractivity (Wildman–Crippen MR) is 58.2 cm³/mol. The Hall–Kier alpha value is -1.90. The highest BCUT2D eigenvalue weighted by Gasteiger charge is 2.09. The quantitative estimate of drug-likeness (QED) is 0.713. The smallest absolute Gasteiger partial charge is 0.164 e. The number of aromatic nitrogens is 2. The second kappa shape index (κ2) is 4.09. The molecule has 0 saturated heterocycles.